The maximum absolute atomic E-state index is 13.1. The van der Waals surface area contributed by atoms with Crippen molar-refractivity contribution in [1.82, 2.24) is 14.5 Å². The van der Waals surface area contributed by atoms with Gasteiger partial charge in [0.15, 0.2) is 0 Å². The van der Waals surface area contributed by atoms with Crippen molar-refractivity contribution >= 4 is 0 Å². The summed E-state index contributed by atoms with van der Waals surface area (Å²) in [7, 11) is 1.89. The second-order valence-electron chi connectivity index (χ2n) is 4.54. The summed E-state index contributed by atoms with van der Waals surface area (Å²) < 4.78 is 28.1. The van der Waals surface area contributed by atoms with Crippen molar-refractivity contribution in [3.63, 3.8) is 0 Å². The van der Waals surface area contributed by atoms with Gasteiger partial charge >= 0.3 is 0 Å². The lowest BCUT2D eigenvalue weighted by atomic mass is 10.0. The highest BCUT2D eigenvalue weighted by atomic mass is 19.3. The lowest BCUT2D eigenvalue weighted by Gasteiger charge is -2.36. The number of hydrogen-bond donors (Lipinski definition) is 1. The fourth-order valence-electron chi connectivity index (χ4n) is 2.28. The molecule has 1 unspecified atom stereocenters. The van der Waals surface area contributed by atoms with E-state index in [1.807, 2.05) is 22.7 Å². The molecule has 1 aromatic rings. The third kappa shape index (κ3) is 2.63. The lowest BCUT2D eigenvalue weighted by Crippen LogP contribution is -2.44. The van der Waals surface area contributed by atoms with Crippen LogP contribution in [0.2, 0.25) is 0 Å². The standard InChI is InChI=1S/C11H18F2N4/c1-16-7-4-15-10(16)9(8-14)17-5-2-11(12,13)3-6-17/h4,7,9H,2-3,5-6,8,14H2,1H3. The average Bonchev–Trinajstić information content (AvgIpc) is 2.69. The maximum Gasteiger partial charge on any atom is 0.250 e. The Balaban J connectivity index is 2.08. The Labute approximate surface area is 99.4 Å². The Hall–Kier alpha value is -1.01. The van der Waals surface area contributed by atoms with E-state index < -0.39 is 5.92 Å². The van der Waals surface area contributed by atoms with Crippen LogP contribution in [0.3, 0.4) is 0 Å². The van der Waals surface area contributed by atoms with E-state index in [4.69, 9.17) is 5.73 Å². The molecule has 0 amide bonds. The summed E-state index contributed by atoms with van der Waals surface area (Å²) in [6, 6.07) is -0.0638. The highest BCUT2D eigenvalue weighted by Crippen LogP contribution is 2.31. The van der Waals surface area contributed by atoms with Gasteiger partial charge in [0.05, 0.1) is 6.04 Å². The number of imidazole rings is 1. The monoisotopic (exact) mass is 244 g/mol. The molecule has 2 rings (SSSR count). The topological polar surface area (TPSA) is 47.1 Å². The molecule has 6 heteroatoms. The molecule has 17 heavy (non-hydrogen) atoms. The SMILES string of the molecule is Cn1ccnc1C(CN)N1CCC(F)(F)CC1. The lowest BCUT2D eigenvalue weighted by molar-refractivity contribution is -0.0635. The van der Waals surface area contributed by atoms with Gasteiger partial charge in [0.1, 0.15) is 5.82 Å². The van der Waals surface area contributed by atoms with E-state index in [0.717, 1.165) is 5.82 Å². The zero-order valence-corrected chi connectivity index (χ0v) is 9.94. The first-order valence-electron chi connectivity index (χ1n) is 5.83. The van der Waals surface area contributed by atoms with Crippen LogP contribution in [0.4, 0.5) is 8.78 Å². The molecule has 1 atom stereocenters. The molecule has 1 aliphatic heterocycles. The molecule has 1 saturated heterocycles. The Morgan fingerprint density at radius 3 is 2.59 bits per heavy atom. The van der Waals surface area contributed by atoms with Crippen LogP contribution in [0.15, 0.2) is 12.4 Å². The van der Waals surface area contributed by atoms with Crippen LogP contribution in [0, 0.1) is 0 Å². The summed E-state index contributed by atoms with van der Waals surface area (Å²) in [5, 5.41) is 0. The molecule has 1 aliphatic rings. The number of nitrogens with zero attached hydrogens (tertiary/aromatic N) is 3. The Kier molecular flexibility index (Phi) is 3.44. The zero-order chi connectivity index (χ0) is 12.5. The normalized spacial score (nSPS) is 22.6. The molecule has 2 heterocycles. The second-order valence-corrected chi connectivity index (χ2v) is 4.54. The minimum Gasteiger partial charge on any atom is -0.337 e. The van der Waals surface area contributed by atoms with Crippen LogP contribution in [0.25, 0.3) is 0 Å². The van der Waals surface area contributed by atoms with E-state index in [1.165, 1.54) is 0 Å². The molecule has 1 aromatic heterocycles. The number of halogens is 2. The van der Waals surface area contributed by atoms with Crippen LogP contribution in [-0.4, -0.2) is 40.0 Å². The summed E-state index contributed by atoms with van der Waals surface area (Å²) in [5.74, 6) is -1.67. The average molecular weight is 244 g/mol. The van der Waals surface area contributed by atoms with Crippen molar-refractivity contribution in [2.75, 3.05) is 19.6 Å². The smallest absolute Gasteiger partial charge is 0.250 e. The first-order chi connectivity index (χ1) is 8.03. The molecule has 1 fully saturated rings. The van der Waals surface area contributed by atoms with Gasteiger partial charge in [-0.15, -0.1) is 0 Å². The number of aromatic nitrogens is 2. The number of piperidine rings is 1. The summed E-state index contributed by atoms with van der Waals surface area (Å²) in [5.41, 5.74) is 5.75. The number of aryl methyl sites for hydroxylation is 1. The van der Waals surface area contributed by atoms with Crippen molar-refractivity contribution in [1.29, 1.82) is 0 Å². The van der Waals surface area contributed by atoms with Crippen LogP contribution >= 0.6 is 0 Å². The van der Waals surface area contributed by atoms with E-state index in [-0.39, 0.29) is 18.9 Å². The predicted molar refractivity (Wildman–Crippen MR) is 60.8 cm³/mol. The molecule has 0 spiro atoms. The van der Waals surface area contributed by atoms with Gasteiger partial charge in [-0.25, -0.2) is 13.8 Å². The summed E-state index contributed by atoms with van der Waals surface area (Å²) in [6.45, 7) is 1.15. The van der Waals surface area contributed by atoms with E-state index in [2.05, 4.69) is 4.98 Å². The van der Waals surface area contributed by atoms with Gasteiger partial charge in [-0.2, -0.15) is 0 Å². The highest BCUT2D eigenvalue weighted by Gasteiger charge is 2.36. The Bertz CT molecular complexity index is 367. The van der Waals surface area contributed by atoms with Crippen molar-refractivity contribution in [3.8, 4) is 0 Å². The molecule has 0 saturated carbocycles. The third-order valence-electron chi connectivity index (χ3n) is 3.35. The van der Waals surface area contributed by atoms with E-state index in [9.17, 15) is 8.78 Å². The first kappa shape index (κ1) is 12.4. The number of nitrogens with two attached hydrogens (primary N) is 1. The molecule has 4 nitrogen and oxygen atoms in total. The summed E-state index contributed by atoms with van der Waals surface area (Å²) >= 11 is 0. The highest BCUT2D eigenvalue weighted by molar-refractivity contribution is 5.01. The Morgan fingerprint density at radius 1 is 1.47 bits per heavy atom. The van der Waals surface area contributed by atoms with Gasteiger partial charge in [-0.3, -0.25) is 4.90 Å². The minimum atomic E-state index is -2.52. The molecular weight excluding hydrogens is 226 g/mol. The Morgan fingerprint density at radius 2 is 2.12 bits per heavy atom. The largest absolute Gasteiger partial charge is 0.337 e. The minimum absolute atomic E-state index is 0.0638. The van der Waals surface area contributed by atoms with Crippen LogP contribution < -0.4 is 5.73 Å². The number of likely N-dealkylation sites (tertiary alicyclic amines) is 1. The number of rotatable bonds is 3. The first-order valence-corrected chi connectivity index (χ1v) is 5.83. The predicted octanol–water partition coefficient (Wildman–Crippen LogP) is 1.15. The number of alkyl halides is 2. The molecule has 96 valence electrons. The molecule has 0 bridgehead atoms. The van der Waals surface area contributed by atoms with Gasteiger partial charge in [0, 0.05) is 51.9 Å². The van der Waals surface area contributed by atoms with Gasteiger partial charge < -0.3 is 10.3 Å². The van der Waals surface area contributed by atoms with E-state index in [0.29, 0.717) is 19.6 Å². The summed E-state index contributed by atoms with van der Waals surface area (Å²) in [6.07, 6.45) is 3.37. The summed E-state index contributed by atoms with van der Waals surface area (Å²) in [4.78, 5) is 6.25. The quantitative estimate of drug-likeness (QED) is 0.867. The molecule has 2 N–H and O–H groups in total. The number of hydrogen-bond acceptors (Lipinski definition) is 3. The van der Waals surface area contributed by atoms with Crippen molar-refractivity contribution in [2.24, 2.45) is 12.8 Å². The molecular formula is C11H18F2N4. The maximum atomic E-state index is 13.1. The van der Waals surface area contributed by atoms with E-state index in [1.54, 1.807) is 6.20 Å². The van der Waals surface area contributed by atoms with Crippen LogP contribution in [0.5, 0.6) is 0 Å². The fraction of sp³-hybridized carbons (Fsp3) is 0.727. The van der Waals surface area contributed by atoms with Crippen molar-refractivity contribution in [3.05, 3.63) is 18.2 Å². The third-order valence-corrected chi connectivity index (χ3v) is 3.35. The van der Waals surface area contributed by atoms with Crippen molar-refractivity contribution < 1.29 is 8.78 Å². The molecule has 0 aromatic carbocycles. The van der Waals surface area contributed by atoms with Crippen LogP contribution in [-0.2, 0) is 7.05 Å². The second kappa shape index (κ2) is 4.70. The molecule has 0 radical (unpaired) electrons. The fourth-order valence-corrected chi connectivity index (χ4v) is 2.28. The van der Waals surface area contributed by atoms with Gasteiger partial charge in [0.2, 0.25) is 0 Å². The van der Waals surface area contributed by atoms with Crippen LogP contribution in [0.1, 0.15) is 24.7 Å². The molecule has 0 aliphatic carbocycles. The van der Waals surface area contributed by atoms with Gasteiger partial charge in [-0.05, 0) is 0 Å². The van der Waals surface area contributed by atoms with Gasteiger partial charge in [0.25, 0.3) is 5.92 Å². The zero-order valence-electron chi connectivity index (χ0n) is 9.94. The van der Waals surface area contributed by atoms with Crippen molar-refractivity contribution in [2.45, 2.75) is 24.8 Å². The van der Waals surface area contributed by atoms with E-state index >= 15 is 0 Å². The van der Waals surface area contributed by atoms with Gasteiger partial charge in [-0.1, -0.05) is 0 Å².